The number of hydrogen-bond donors (Lipinski definition) is 1. The summed E-state index contributed by atoms with van der Waals surface area (Å²) in [5.74, 6) is -0.784. The Hall–Kier alpha value is -3.38. The quantitative estimate of drug-likeness (QED) is 0.582. The maximum absolute atomic E-state index is 13.6. The second-order valence-corrected chi connectivity index (χ2v) is 9.58. The largest absolute Gasteiger partial charge is 0.497 e. The number of carbonyl (C=O) groups is 2. The van der Waals surface area contributed by atoms with Crippen LogP contribution in [0.2, 0.25) is 0 Å². The van der Waals surface area contributed by atoms with Gasteiger partial charge in [-0.2, -0.15) is 0 Å². The van der Waals surface area contributed by atoms with Gasteiger partial charge in [-0.3, -0.25) is 9.59 Å². The van der Waals surface area contributed by atoms with Gasteiger partial charge in [0.25, 0.3) is 5.91 Å². The maximum Gasteiger partial charge on any atom is 0.306 e. The summed E-state index contributed by atoms with van der Waals surface area (Å²) < 4.78 is 11.9. The predicted molar refractivity (Wildman–Crippen MR) is 128 cm³/mol. The summed E-state index contributed by atoms with van der Waals surface area (Å²) >= 11 is 0. The smallest absolute Gasteiger partial charge is 0.306 e. The van der Waals surface area contributed by atoms with Gasteiger partial charge in [-0.1, -0.05) is 63.2 Å². The number of amides is 1. The molecule has 172 valence electrons. The number of carboxylic acids is 1. The molecule has 0 spiro atoms. The third-order valence-electron chi connectivity index (χ3n) is 5.75. The number of hydrogen-bond acceptors (Lipinski definition) is 4. The normalized spacial score (nSPS) is 18.7. The zero-order valence-corrected chi connectivity index (χ0v) is 19.4. The molecule has 3 aromatic rings. The lowest BCUT2D eigenvalue weighted by molar-refractivity contribution is -0.147. The highest BCUT2D eigenvalue weighted by Crippen LogP contribution is 2.43. The Balaban J connectivity index is 1.97. The van der Waals surface area contributed by atoms with Crippen LogP contribution in [0, 0.1) is 5.41 Å². The molecular weight excluding hydrogens is 418 g/mol. The van der Waals surface area contributed by atoms with Gasteiger partial charge in [-0.05, 0) is 39.9 Å². The highest BCUT2D eigenvalue weighted by Gasteiger charge is 2.39. The number of benzene rings is 3. The summed E-state index contributed by atoms with van der Waals surface area (Å²) in [6, 6.07) is 19.5. The van der Waals surface area contributed by atoms with Gasteiger partial charge < -0.3 is 19.5 Å². The van der Waals surface area contributed by atoms with E-state index in [9.17, 15) is 14.7 Å². The highest BCUT2D eigenvalue weighted by atomic mass is 16.5. The molecule has 2 atom stereocenters. The lowest BCUT2D eigenvalue weighted by Crippen LogP contribution is -2.44. The predicted octanol–water partition coefficient (Wildman–Crippen LogP) is 5.19. The second kappa shape index (κ2) is 8.87. The van der Waals surface area contributed by atoms with Gasteiger partial charge in [-0.25, -0.2) is 0 Å². The standard InChI is InChI=1S/C27H29NO5/c1-27(2,3)16-28-22-13-12-18(32-4)14-21(22)25(33-23(26(28)31)15-24(29)30)20-11-7-9-17-8-5-6-10-19(17)20/h5-14,23,25H,15-16H2,1-4H3,(H,29,30)/t23-,25-/m0/s1. The Bertz CT molecular complexity index is 1190. The van der Waals surface area contributed by atoms with Crippen LogP contribution < -0.4 is 9.64 Å². The van der Waals surface area contributed by atoms with Crippen LogP contribution in [0.5, 0.6) is 5.75 Å². The van der Waals surface area contributed by atoms with Crippen LogP contribution >= 0.6 is 0 Å². The number of aliphatic carboxylic acids is 1. The molecule has 33 heavy (non-hydrogen) atoms. The van der Waals surface area contributed by atoms with Crippen LogP contribution in [0.25, 0.3) is 10.8 Å². The van der Waals surface area contributed by atoms with Gasteiger partial charge in [0.1, 0.15) is 18.0 Å². The Kier molecular flexibility index (Phi) is 6.13. The van der Waals surface area contributed by atoms with Crippen molar-refractivity contribution in [3.05, 3.63) is 71.8 Å². The van der Waals surface area contributed by atoms with Crippen molar-refractivity contribution in [1.29, 1.82) is 0 Å². The van der Waals surface area contributed by atoms with E-state index in [1.165, 1.54) is 0 Å². The number of nitrogens with zero attached hydrogens (tertiary/aromatic N) is 1. The molecule has 6 nitrogen and oxygen atoms in total. The zero-order valence-electron chi connectivity index (χ0n) is 19.4. The van der Waals surface area contributed by atoms with E-state index in [0.717, 1.165) is 21.9 Å². The fourth-order valence-electron chi connectivity index (χ4n) is 4.36. The van der Waals surface area contributed by atoms with Crippen LogP contribution in [-0.4, -0.2) is 36.7 Å². The zero-order chi connectivity index (χ0) is 23.8. The topological polar surface area (TPSA) is 76.1 Å². The van der Waals surface area contributed by atoms with Crippen molar-refractivity contribution in [2.24, 2.45) is 5.41 Å². The van der Waals surface area contributed by atoms with E-state index in [0.29, 0.717) is 18.0 Å². The SMILES string of the molecule is COc1ccc2c(c1)[C@H](c1cccc3ccccc13)O[C@@H](CC(=O)O)C(=O)N2CC(C)(C)C. The Morgan fingerprint density at radius 1 is 1.06 bits per heavy atom. The van der Waals surface area contributed by atoms with E-state index < -0.39 is 24.6 Å². The summed E-state index contributed by atoms with van der Waals surface area (Å²) in [5, 5.41) is 11.6. The molecule has 0 bridgehead atoms. The third kappa shape index (κ3) is 4.71. The fraction of sp³-hybridized carbons (Fsp3) is 0.333. The molecule has 1 N–H and O–H groups in total. The first-order chi connectivity index (χ1) is 15.7. The van der Waals surface area contributed by atoms with Gasteiger partial charge in [0.05, 0.1) is 19.2 Å². The number of carbonyl (C=O) groups excluding carboxylic acids is 1. The van der Waals surface area contributed by atoms with E-state index in [1.54, 1.807) is 12.0 Å². The number of anilines is 1. The monoisotopic (exact) mass is 447 g/mol. The highest BCUT2D eigenvalue weighted by molar-refractivity contribution is 6.00. The van der Waals surface area contributed by atoms with Gasteiger partial charge in [0.2, 0.25) is 0 Å². The number of methoxy groups -OCH3 is 1. The molecule has 0 radical (unpaired) electrons. The van der Waals surface area contributed by atoms with Crippen molar-refractivity contribution < 1.29 is 24.2 Å². The van der Waals surface area contributed by atoms with Crippen molar-refractivity contribution in [2.75, 3.05) is 18.6 Å². The molecule has 1 aliphatic rings. The Morgan fingerprint density at radius 3 is 2.48 bits per heavy atom. The van der Waals surface area contributed by atoms with Crippen LogP contribution in [-0.2, 0) is 14.3 Å². The van der Waals surface area contributed by atoms with Crippen LogP contribution in [0.4, 0.5) is 5.69 Å². The van der Waals surface area contributed by atoms with Gasteiger partial charge >= 0.3 is 5.97 Å². The first-order valence-corrected chi connectivity index (χ1v) is 11.0. The average Bonchev–Trinajstić information content (AvgIpc) is 2.87. The molecule has 1 amide bonds. The first kappa shape index (κ1) is 22.8. The van der Waals surface area contributed by atoms with Crippen LogP contribution in [0.3, 0.4) is 0 Å². The van der Waals surface area contributed by atoms with Crippen LogP contribution in [0.1, 0.15) is 44.4 Å². The molecule has 1 aliphatic heterocycles. The van der Waals surface area contributed by atoms with Gasteiger partial charge in [0, 0.05) is 12.1 Å². The fourth-order valence-corrected chi connectivity index (χ4v) is 4.36. The maximum atomic E-state index is 13.6. The average molecular weight is 448 g/mol. The molecular formula is C27H29NO5. The van der Waals surface area contributed by atoms with E-state index >= 15 is 0 Å². The molecule has 0 saturated heterocycles. The molecule has 0 aromatic heterocycles. The summed E-state index contributed by atoms with van der Waals surface area (Å²) in [5.41, 5.74) is 2.15. The third-order valence-corrected chi connectivity index (χ3v) is 5.75. The van der Waals surface area contributed by atoms with Crippen LogP contribution in [0.15, 0.2) is 60.7 Å². The van der Waals surface area contributed by atoms with E-state index in [4.69, 9.17) is 9.47 Å². The van der Waals surface area contributed by atoms with Crippen molar-refractivity contribution in [3.63, 3.8) is 0 Å². The van der Waals surface area contributed by atoms with Gasteiger partial charge in [0.15, 0.2) is 0 Å². The molecule has 3 aromatic carbocycles. The number of rotatable bonds is 5. The van der Waals surface area contributed by atoms with Crippen molar-refractivity contribution >= 4 is 28.3 Å². The van der Waals surface area contributed by atoms with Gasteiger partial charge in [-0.15, -0.1) is 0 Å². The molecule has 4 rings (SSSR count). The first-order valence-electron chi connectivity index (χ1n) is 11.0. The Morgan fingerprint density at radius 2 is 1.79 bits per heavy atom. The molecule has 0 aliphatic carbocycles. The summed E-state index contributed by atoms with van der Waals surface area (Å²) in [7, 11) is 1.59. The number of fused-ring (bicyclic) bond motifs is 2. The van der Waals surface area contributed by atoms with E-state index in [2.05, 4.69) is 0 Å². The lowest BCUT2D eigenvalue weighted by atomic mass is 9.92. The lowest BCUT2D eigenvalue weighted by Gasteiger charge is -2.31. The second-order valence-electron chi connectivity index (χ2n) is 9.58. The van der Waals surface area contributed by atoms with E-state index in [1.807, 2.05) is 81.4 Å². The minimum atomic E-state index is -1.12. The molecule has 0 unspecified atom stereocenters. The summed E-state index contributed by atoms with van der Waals surface area (Å²) in [6.45, 7) is 6.56. The van der Waals surface area contributed by atoms with Crippen molar-refractivity contribution in [1.82, 2.24) is 0 Å². The number of carboxylic acid groups (broad SMARTS) is 1. The molecule has 0 saturated carbocycles. The Labute approximate surface area is 193 Å². The minimum absolute atomic E-state index is 0.208. The summed E-state index contributed by atoms with van der Waals surface area (Å²) in [6.07, 6.45) is -2.17. The summed E-state index contributed by atoms with van der Waals surface area (Å²) in [4.78, 5) is 27.0. The molecule has 1 heterocycles. The minimum Gasteiger partial charge on any atom is -0.497 e. The number of ether oxygens (including phenoxy) is 2. The van der Waals surface area contributed by atoms with Crippen molar-refractivity contribution in [3.8, 4) is 5.75 Å². The van der Waals surface area contributed by atoms with E-state index in [-0.39, 0.29) is 11.3 Å². The molecule has 0 fully saturated rings. The van der Waals surface area contributed by atoms with Crippen molar-refractivity contribution in [2.45, 2.75) is 39.4 Å². The molecule has 6 heteroatoms.